The molecule has 6 nitrogen and oxygen atoms in total. The zero-order valence-electron chi connectivity index (χ0n) is 12.9. The minimum absolute atomic E-state index is 0.134. The van der Waals surface area contributed by atoms with E-state index in [2.05, 4.69) is 28.8 Å². The van der Waals surface area contributed by atoms with Crippen molar-refractivity contribution in [1.29, 1.82) is 0 Å². The summed E-state index contributed by atoms with van der Waals surface area (Å²) in [5, 5.41) is 0.725. The summed E-state index contributed by atoms with van der Waals surface area (Å²) in [6.45, 7) is 6.42. The summed E-state index contributed by atoms with van der Waals surface area (Å²) in [5.41, 5.74) is 0.134. The fourth-order valence-electron chi connectivity index (χ4n) is 2.56. The zero-order valence-corrected chi connectivity index (χ0v) is 13.7. The molecule has 1 aliphatic heterocycles. The first-order valence-electron chi connectivity index (χ1n) is 6.99. The van der Waals surface area contributed by atoms with E-state index in [-0.39, 0.29) is 17.5 Å². The average Bonchev–Trinajstić information content (AvgIpc) is 2.80. The van der Waals surface area contributed by atoms with Gasteiger partial charge in [0.1, 0.15) is 4.88 Å². The Hall–Kier alpha value is -1.47. The maximum Gasteiger partial charge on any atom is 0.358 e. The van der Waals surface area contributed by atoms with E-state index in [9.17, 15) is 9.59 Å². The smallest absolute Gasteiger partial charge is 0.358 e. The maximum absolute atomic E-state index is 11.8. The van der Waals surface area contributed by atoms with Crippen LogP contribution in [0.5, 0.6) is 0 Å². The number of rotatable bonds is 3. The fraction of sp³-hybridized carbons (Fsp3) is 0.643. The zero-order chi connectivity index (χ0) is 15.6. The number of methoxy groups -OCH3 is 1. The minimum Gasteiger partial charge on any atom is -0.464 e. The van der Waals surface area contributed by atoms with Gasteiger partial charge in [-0.1, -0.05) is 11.3 Å². The van der Waals surface area contributed by atoms with Crippen molar-refractivity contribution >= 4 is 28.2 Å². The van der Waals surface area contributed by atoms with Crippen LogP contribution in [0.4, 0.5) is 5.13 Å². The Balaban J connectivity index is 2.35. The number of ketones is 1. The third-order valence-corrected chi connectivity index (χ3v) is 4.80. The molecule has 0 bridgehead atoms. The molecule has 1 aromatic rings. The predicted octanol–water partition coefficient (Wildman–Crippen LogP) is 1.66. The molecule has 0 N–H and O–H groups in total. The molecule has 0 amide bonds. The lowest BCUT2D eigenvalue weighted by molar-refractivity contribution is 0.0591. The lowest BCUT2D eigenvalue weighted by Gasteiger charge is -2.27. The quantitative estimate of drug-likeness (QED) is 0.625. The van der Waals surface area contributed by atoms with Crippen LogP contribution in [0, 0.1) is 0 Å². The summed E-state index contributed by atoms with van der Waals surface area (Å²) < 4.78 is 4.72. The van der Waals surface area contributed by atoms with Crippen LogP contribution in [0.15, 0.2) is 0 Å². The maximum atomic E-state index is 11.8. The molecule has 1 aliphatic rings. The number of likely N-dealkylation sites (N-methyl/N-ethyl adjacent to an activating group) is 1. The Morgan fingerprint density at radius 1 is 1.38 bits per heavy atom. The number of carbonyl (C=O) groups excluding carboxylic acids is 2. The lowest BCUT2D eigenvalue weighted by Crippen LogP contribution is -2.37. The molecule has 1 fully saturated rings. The second-order valence-electron chi connectivity index (χ2n) is 5.38. The van der Waals surface area contributed by atoms with Crippen LogP contribution in [0.1, 0.15) is 40.4 Å². The molecule has 0 aliphatic carbocycles. The molecule has 7 heteroatoms. The normalized spacial score (nSPS) is 20.2. The van der Waals surface area contributed by atoms with Gasteiger partial charge in [0.2, 0.25) is 0 Å². The number of Topliss-reactive ketones (excluding diaryl/α,β-unsaturated/α-hetero) is 1. The molecule has 1 saturated heterocycles. The van der Waals surface area contributed by atoms with Gasteiger partial charge < -0.3 is 14.5 Å². The Bertz CT molecular complexity index is 544. The highest BCUT2D eigenvalue weighted by Gasteiger charge is 2.27. The monoisotopic (exact) mass is 311 g/mol. The second kappa shape index (κ2) is 6.53. The summed E-state index contributed by atoms with van der Waals surface area (Å²) >= 11 is 1.28. The summed E-state index contributed by atoms with van der Waals surface area (Å²) in [4.78, 5) is 32.7. The van der Waals surface area contributed by atoms with Crippen molar-refractivity contribution < 1.29 is 14.3 Å². The molecule has 2 heterocycles. The van der Waals surface area contributed by atoms with Gasteiger partial charge in [-0.25, -0.2) is 9.78 Å². The van der Waals surface area contributed by atoms with E-state index in [0.29, 0.717) is 4.88 Å². The first kappa shape index (κ1) is 15.9. The molecule has 1 aromatic heterocycles. The highest BCUT2D eigenvalue weighted by atomic mass is 32.1. The van der Waals surface area contributed by atoms with Gasteiger partial charge in [-0.3, -0.25) is 4.79 Å². The Kier molecular flexibility index (Phi) is 4.95. The van der Waals surface area contributed by atoms with Crippen molar-refractivity contribution in [2.75, 3.05) is 38.7 Å². The Morgan fingerprint density at radius 3 is 2.71 bits per heavy atom. The van der Waals surface area contributed by atoms with Gasteiger partial charge in [-0.2, -0.15) is 0 Å². The molecule has 1 unspecified atom stereocenters. The van der Waals surface area contributed by atoms with Crippen molar-refractivity contribution in [3.05, 3.63) is 10.6 Å². The van der Waals surface area contributed by atoms with Gasteiger partial charge in [-0.05, 0) is 26.9 Å². The molecule has 21 heavy (non-hydrogen) atoms. The van der Waals surface area contributed by atoms with Crippen LogP contribution >= 0.6 is 11.3 Å². The highest BCUT2D eigenvalue weighted by molar-refractivity contribution is 7.17. The summed E-state index contributed by atoms with van der Waals surface area (Å²) in [6.07, 6.45) is 1.03. The summed E-state index contributed by atoms with van der Waals surface area (Å²) in [7, 11) is 3.40. The molecule has 0 radical (unpaired) electrons. The molecule has 0 spiro atoms. The van der Waals surface area contributed by atoms with Gasteiger partial charge in [0.15, 0.2) is 16.6 Å². The van der Waals surface area contributed by atoms with E-state index in [1.165, 1.54) is 25.4 Å². The third kappa shape index (κ3) is 3.41. The molecule has 0 saturated carbocycles. The minimum atomic E-state index is -0.553. The fourth-order valence-corrected chi connectivity index (χ4v) is 3.64. The standard InChI is InChI=1S/C14H21N3O3S/c1-9-8-16(3)6-5-7-17(9)14-15-11(13(19)20-4)12(21-14)10(2)18/h9H,5-8H2,1-4H3. The summed E-state index contributed by atoms with van der Waals surface area (Å²) in [6, 6.07) is 0.286. The number of anilines is 1. The number of hydrogen-bond acceptors (Lipinski definition) is 7. The van der Waals surface area contributed by atoms with Gasteiger partial charge in [0, 0.05) is 26.1 Å². The molecule has 116 valence electrons. The van der Waals surface area contributed by atoms with E-state index in [0.717, 1.165) is 31.2 Å². The molecule has 2 rings (SSSR count). The van der Waals surface area contributed by atoms with E-state index < -0.39 is 5.97 Å². The van der Waals surface area contributed by atoms with Crippen LogP contribution in [-0.2, 0) is 4.74 Å². The number of esters is 1. The number of carbonyl (C=O) groups is 2. The van der Waals surface area contributed by atoms with Crippen LogP contribution in [0.25, 0.3) is 0 Å². The van der Waals surface area contributed by atoms with Crippen molar-refractivity contribution in [3.8, 4) is 0 Å². The first-order valence-corrected chi connectivity index (χ1v) is 7.81. The van der Waals surface area contributed by atoms with E-state index in [1.807, 2.05) is 0 Å². The molecule has 0 aromatic carbocycles. The van der Waals surface area contributed by atoms with E-state index >= 15 is 0 Å². The molecular formula is C14H21N3O3S. The number of aromatic nitrogens is 1. The first-order chi connectivity index (χ1) is 9.93. The second-order valence-corrected chi connectivity index (χ2v) is 6.36. The van der Waals surface area contributed by atoms with Gasteiger partial charge in [-0.15, -0.1) is 0 Å². The van der Waals surface area contributed by atoms with E-state index in [1.54, 1.807) is 0 Å². The number of hydrogen-bond donors (Lipinski definition) is 0. The van der Waals surface area contributed by atoms with Crippen molar-refractivity contribution in [2.45, 2.75) is 26.3 Å². The number of nitrogens with zero attached hydrogens (tertiary/aromatic N) is 3. The highest BCUT2D eigenvalue weighted by Crippen LogP contribution is 2.29. The van der Waals surface area contributed by atoms with Crippen molar-refractivity contribution in [3.63, 3.8) is 0 Å². The van der Waals surface area contributed by atoms with E-state index in [4.69, 9.17) is 4.74 Å². The van der Waals surface area contributed by atoms with Crippen molar-refractivity contribution in [1.82, 2.24) is 9.88 Å². The summed E-state index contributed by atoms with van der Waals surface area (Å²) in [5.74, 6) is -0.707. The topological polar surface area (TPSA) is 62.7 Å². The Labute approximate surface area is 128 Å². The largest absolute Gasteiger partial charge is 0.464 e. The Morgan fingerprint density at radius 2 is 2.10 bits per heavy atom. The van der Waals surface area contributed by atoms with Crippen molar-refractivity contribution in [2.24, 2.45) is 0 Å². The lowest BCUT2D eigenvalue weighted by atomic mass is 10.3. The average molecular weight is 311 g/mol. The third-order valence-electron chi connectivity index (χ3n) is 3.61. The van der Waals surface area contributed by atoms with Gasteiger partial charge in [0.25, 0.3) is 0 Å². The van der Waals surface area contributed by atoms with Crippen LogP contribution in [0.2, 0.25) is 0 Å². The van der Waals surface area contributed by atoms with Crippen LogP contribution in [-0.4, -0.2) is 61.5 Å². The predicted molar refractivity (Wildman–Crippen MR) is 82.4 cm³/mol. The molecular weight excluding hydrogens is 290 g/mol. The van der Waals surface area contributed by atoms with Crippen LogP contribution < -0.4 is 4.90 Å². The van der Waals surface area contributed by atoms with Crippen LogP contribution in [0.3, 0.4) is 0 Å². The number of thiazole rings is 1. The SMILES string of the molecule is COC(=O)c1nc(N2CCCN(C)CC2C)sc1C(C)=O. The van der Waals surface area contributed by atoms with Gasteiger partial charge in [0.05, 0.1) is 7.11 Å². The molecule has 1 atom stereocenters. The number of ether oxygens (including phenoxy) is 1. The van der Waals surface area contributed by atoms with Gasteiger partial charge >= 0.3 is 5.97 Å².